The highest BCUT2D eigenvalue weighted by Crippen LogP contribution is 2.30. The van der Waals surface area contributed by atoms with E-state index < -0.39 is 182 Å². The van der Waals surface area contributed by atoms with Gasteiger partial charge in [0.1, 0.15) is 111 Å². The molecule has 0 atom stereocenters. The van der Waals surface area contributed by atoms with Crippen molar-refractivity contribution in [1.82, 2.24) is 0 Å². The van der Waals surface area contributed by atoms with Gasteiger partial charge in [-0.2, -0.15) is 0 Å². The second-order valence-corrected chi connectivity index (χ2v) is 30.6. The van der Waals surface area contributed by atoms with E-state index in [0.717, 1.165) is 29.4 Å². The first kappa shape index (κ1) is 123. The van der Waals surface area contributed by atoms with Crippen LogP contribution in [0.5, 0.6) is 0 Å². The minimum atomic E-state index is -1.52. The normalized spacial score (nSPS) is 10.4. The molecule has 34 nitrogen and oxygen atoms in total. The van der Waals surface area contributed by atoms with E-state index in [-0.39, 0.29) is 139 Å². The summed E-state index contributed by atoms with van der Waals surface area (Å²) in [7, 11) is 0. The van der Waals surface area contributed by atoms with E-state index in [0.29, 0.717) is 6.42 Å². The molecule has 34 heteroatoms. The SMILES string of the molecule is C=C(C)C(=O)OCC(CC)(COC(=O)C(=C)C)COC(=O)C(=C)C.C=C(C)C(=O)OCC(COC(=O)C(=C)C)(COC(=O)C(=C)C)COC(=O)C(=C)C.C=C(C)C(=O)OCC(COCC(COC(=O)C(=C)C)(COC(=O)C(=C)C)COC(=O)C(=C)C)(COC(=O)C(=C)C)COC(=O)C(=C)C.C=CC(=O)OCC(CO)(COC(=O)C=C)COC(=O)C=C.C=Cc1ccc(C=C)cc1. The highest BCUT2D eigenvalue weighted by molar-refractivity contribution is 5.92. The zero-order valence-electron chi connectivity index (χ0n) is 78.0. The van der Waals surface area contributed by atoms with Gasteiger partial charge in [0.25, 0.3) is 0 Å². The van der Waals surface area contributed by atoms with Crippen molar-refractivity contribution in [2.24, 2.45) is 27.1 Å². The standard InChI is InChI=1S/C34H46O13.C21H28O8.C18H26O6.C14H18O7.C10H10/c1-21(2)27(35)42-15-33(16-43-28(36)22(3)4,17-44-29(37)23(5)6)13-41-14-34(18-45-30(38)24(7)8,19-46-31(39)25(9)10)20-47-32(40)26(11)12;1-13(2)17(22)26-9-21(10-27-18(23)14(3)4,11-28-19(24)15(5)6)12-29-20(25)16(7)8;1-8-18(9-22-15(19)12(2)3,10-23-16(20)13(4)5)11-24-17(21)14(6)7;1-4-11(16)19-8-14(7-15,9-20-12(17)5-2)10-21-13(18)6-3;1-3-9-5-7-10(4-2)8-6-9/h1,3,5,7,9,11,13-20H2,2,4,6,8,10,12H3;1,3,5,7,9-12H2,2,4,6,8H3;2,4,6,8-11H2,1,3,5,7H3;4-6,15H,1-3,7-10H2;3-8H,1-2H2. The molecule has 1 aromatic rings. The van der Waals surface area contributed by atoms with Gasteiger partial charge in [-0.05, 0) is 108 Å². The topological polar surface area (TPSA) is 450 Å². The van der Waals surface area contributed by atoms with Gasteiger partial charge in [-0.15, -0.1) is 0 Å². The molecule has 0 fully saturated rings. The van der Waals surface area contributed by atoms with Crippen LogP contribution in [0.2, 0.25) is 0 Å². The summed E-state index contributed by atoms with van der Waals surface area (Å²) < 4.78 is 89.0. The smallest absolute Gasteiger partial charge is 0.333 e. The van der Waals surface area contributed by atoms with Crippen molar-refractivity contribution in [3.05, 3.63) is 244 Å². The molecule has 0 unspecified atom stereocenters. The molecule has 0 aromatic heterocycles. The van der Waals surface area contributed by atoms with E-state index in [1.165, 1.54) is 90.0 Å². The van der Waals surface area contributed by atoms with Crippen LogP contribution in [-0.2, 0) is 157 Å². The number of carbonyl (C=O) groups is 16. The Morgan fingerprint density at radius 3 is 0.473 bits per heavy atom. The largest absolute Gasteiger partial charge is 0.462 e. The van der Waals surface area contributed by atoms with Crippen molar-refractivity contribution < 1.29 is 162 Å². The molecule has 0 saturated carbocycles. The van der Waals surface area contributed by atoms with Crippen LogP contribution in [0.3, 0.4) is 0 Å². The van der Waals surface area contributed by atoms with Crippen LogP contribution in [0, 0.1) is 27.1 Å². The number of hydrogen-bond acceptors (Lipinski definition) is 34. The average Bonchev–Trinajstić information content (AvgIpc) is 0.839. The lowest BCUT2D eigenvalue weighted by atomic mass is 9.88. The molecule has 0 bridgehead atoms. The maximum absolute atomic E-state index is 12.4. The van der Waals surface area contributed by atoms with Gasteiger partial charge in [-0.25, -0.2) is 76.7 Å². The Morgan fingerprint density at radius 2 is 0.359 bits per heavy atom. The molecule has 0 spiro atoms. The third kappa shape index (κ3) is 53.4. The van der Waals surface area contributed by atoms with Crippen molar-refractivity contribution in [3.63, 3.8) is 0 Å². The number of carbonyl (C=O) groups excluding carboxylic acids is 16. The predicted molar refractivity (Wildman–Crippen MR) is 486 cm³/mol. The van der Waals surface area contributed by atoms with Gasteiger partial charge in [-0.3, -0.25) is 0 Å². The second kappa shape index (κ2) is 63.8. The van der Waals surface area contributed by atoms with Gasteiger partial charge in [0.05, 0.1) is 41.5 Å². The number of esters is 16. The van der Waals surface area contributed by atoms with Crippen LogP contribution in [0.4, 0.5) is 0 Å². The second-order valence-electron chi connectivity index (χ2n) is 30.6. The zero-order chi connectivity index (χ0) is 102. The van der Waals surface area contributed by atoms with Crippen molar-refractivity contribution >= 4 is 108 Å². The fourth-order valence-electron chi connectivity index (χ4n) is 7.99. The van der Waals surface area contributed by atoms with E-state index in [2.05, 4.69) is 118 Å². The highest BCUT2D eigenvalue weighted by Gasteiger charge is 2.43. The average molecular weight is 1840 g/mol. The van der Waals surface area contributed by atoms with Crippen molar-refractivity contribution in [3.8, 4) is 0 Å². The fraction of sp³-hybridized carbons (Fsp3) is 0.402. The zero-order valence-corrected chi connectivity index (χ0v) is 78.0. The van der Waals surface area contributed by atoms with Gasteiger partial charge >= 0.3 is 95.5 Å². The first-order valence-electron chi connectivity index (χ1n) is 39.5. The van der Waals surface area contributed by atoms with E-state index in [4.69, 9.17) is 80.5 Å². The molecule has 1 N–H and O–H groups in total. The Bertz CT molecular complexity index is 3920. The Hall–Kier alpha value is -14.0. The summed E-state index contributed by atoms with van der Waals surface area (Å²) in [5, 5.41) is 9.48. The molecule has 0 aliphatic carbocycles. The molecule has 720 valence electrons. The number of aliphatic hydroxyl groups excluding tert-OH is 1. The summed E-state index contributed by atoms with van der Waals surface area (Å²) >= 11 is 0. The van der Waals surface area contributed by atoms with Crippen LogP contribution in [0.1, 0.15) is 114 Å². The summed E-state index contributed by atoms with van der Waals surface area (Å²) in [5.41, 5.74) is -2.60. The van der Waals surface area contributed by atoms with Crippen LogP contribution in [0.15, 0.2) is 233 Å². The first-order valence-corrected chi connectivity index (χ1v) is 39.5. The molecule has 0 amide bonds. The van der Waals surface area contributed by atoms with E-state index in [1.807, 2.05) is 43.3 Å². The maximum Gasteiger partial charge on any atom is 0.333 e. The molecular formula is C97H128O34. The van der Waals surface area contributed by atoms with Crippen LogP contribution in [0.25, 0.3) is 12.2 Å². The number of benzene rings is 1. The number of rotatable bonds is 56. The third-order valence-corrected chi connectivity index (χ3v) is 16.5. The van der Waals surface area contributed by atoms with Gasteiger partial charge < -0.3 is 85.6 Å². The highest BCUT2D eigenvalue weighted by atomic mass is 16.6. The van der Waals surface area contributed by atoms with E-state index in [9.17, 15) is 81.8 Å². The molecule has 1 aromatic carbocycles. The molecular weight excluding hydrogens is 1710 g/mol. The Morgan fingerprint density at radius 1 is 0.229 bits per heavy atom. The Kier molecular flexibility index (Phi) is 60.1. The monoisotopic (exact) mass is 1840 g/mol. The van der Waals surface area contributed by atoms with Gasteiger partial charge in [0, 0.05) is 90.7 Å². The first-order chi connectivity index (χ1) is 60.8. The van der Waals surface area contributed by atoms with E-state index in [1.54, 1.807) is 0 Å². The summed E-state index contributed by atoms with van der Waals surface area (Å²) in [6, 6.07) is 8.07. The van der Waals surface area contributed by atoms with Crippen molar-refractivity contribution in [2.75, 3.05) is 126 Å². The lowest BCUT2D eigenvalue weighted by Crippen LogP contribution is -2.47. The van der Waals surface area contributed by atoms with Crippen molar-refractivity contribution in [1.29, 1.82) is 0 Å². The lowest BCUT2D eigenvalue weighted by Gasteiger charge is -2.35. The molecule has 0 aliphatic rings. The van der Waals surface area contributed by atoms with Gasteiger partial charge in [0.2, 0.25) is 0 Å². The van der Waals surface area contributed by atoms with E-state index >= 15 is 0 Å². The summed E-state index contributed by atoms with van der Waals surface area (Å²) in [6.07, 6.45) is 6.91. The minimum Gasteiger partial charge on any atom is -0.462 e. The Labute approximate surface area is 767 Å². The summed E-state index contributed by atoms with van der Waals surface area (Å²) in [6.45, 7) is 76.3. The van der Waals surface area contributed by atoms with Crippen LogP contribution in [-0.4, -0.2) is 226 Å². The summed E-state index contributed by atoms with van der Waals surface area (Å²) in [4.78, 5) is 190. The maximum atomic E-state index is 12.4. The van der Waals surface area contributed by atoms with Crippen LogP contribution >= 0.6 is 0 Å². The molecule has 131 heavy (non-hydrogen) atoms. The minimum absolute atomic E-state index is 0.0645. The molecule has 0 heterocycles. The number of aliphatic hydroxyl groups is 1. The van der Waals surface area contributed by atoms with Gasteiger partial charge in [0.15, 0.2) is 0 Å². The molecule has 0 saturated heterocycles. The van der Waals surface area contributed by atoms with Crippen LogP contribution < -0.4 is 0 Å². The molecule has 0 aliphatic heterocycles. The lowest BCUT2D eigenvalue weighted by molar-refractivity contribution is -0.173. The number of hydrogen-bond donors (Lipinski definition) is 1. The third-order valence-electron chi connectivity index (χ3n) is 16.5. The Balaban J connectivity index is -0.000000826. The number of ether oxygens (including phenoxy) is 17. The van der Waals surface area contributed by atoms with Gasteiger partial charge in [-0.1, -0.05) is 162 Å². The van der Waals surface area contributed by atoms with Crippen molar-refractivity contribution in [2.45, 2.75) is 103 Å². The molecule has 0 radical (unpaired) electrons. The quantitative estimate of drug-likeness (QED) is 0.0359. The molecule has 1 rings (SSSR count). The predicted octanol–water partition coefficient (Wildman–Crippen LogP) is 12.0. The summed E-state index contributed by atoms with van der Waals surface area (Å²) in [5.74, 6) is -11.4. The fourth-order valence-corrected chi connectivity index (χ4v) is 7.99.